The predicted molar refractivity (Wildman–Crippen MR) is 71.5 cm³/mol. The van der Waals surface area contributed by atoms with Gasteiger partial charge in [-0.1, -0.05) is 47.7 Å². The molecule has 0 unspecified atom stereocenters. The highest BCUT2D eigenvalue weighted by molar-refractivity contribution is 7.17. The first-order valence-electron chi connectivity index (χ1n) is 5.20. The van der Waals surface area contributed by atoms with E-state index in [4.69, 9.17) is 0 Å². The first-order chi connectivity index (χ1) is 8.29. The summed E-state index contributed by atoms with van der Waals surface area (Å²) >= 11 is 1.35. The van der Waals surface area contributed by atoms with Crippen LogP contribution in [0.2, 0.25) is 0 Å². The molecule has 0 fully saturated rings. The van der Waals surface area contributed by atoms with Gasteiger partial charge in [-0.15, -0.1) is 0 Å². The van der Waals surface area contributed by atoms with Gasteiger partial charge < -0.3 is 5.32 Å². The fourth-order valence-corrected chi connectivity index (χ4v) is 2.01. The second kappa shape index (κ2) is 5.41. The van der Waals surface area contributed by atoms with Crippen LogP contribution in [0.1, 0.15) is 15.2 Å². The summed E-state index contributed by atoms with van der Waals surface area (Å²) < 4.78 is 0. The number of rotatable bonds is 4. The molecule has 0 aliphatic rings. The van der Waals surface area contributed by atoms with Gasteiger partial charge in [-0.25, -0.2) is 4.98 Å². The zero-order valence-electron chi connectivity index (χ0n) is 9.38. The van der Waals surface area contributed by atoms with Crippen molar-refractivity contribution in [2.75, 3.05) is 12.4 Å². The average Bonchev–Trinajstić information content (AvgIpc) is 2.86. The molecule has 4 heteroatoms. The van der Waals surface area contributed by atoms with Gasteiger partial charge in [0, 0.05) is 7.05 Å². The van der Waals surface area contributed by atoms with Crippen LogP contribution in [0.15, 0.2) is 42.6 Å². The monoisotopic (exact) mass is 244 g/mol. The van der Waals surface area contributed by atoms with Gasteiger partial charge in [0.1, 0.15) is 0 Å². The minimum Gasteiger partial charge on any atom is -0.365 e. The number of benzene rings is 1. The zero-order chi connectivity index (χ0) is 12.1. The Kier molecular flexibility index (Phi) is 3.67. The number of nitrogens with zero attached hydrogens (tertiary/aromatic N) is 1. The third kappa shape index (κ3) is 3.01. The quantitative estimate of drug-likeness (QED) is 0.664. The van der Waals surface area contributed by atoms with Crippen molar-refractivity contribution in [3.8, 4) is 0 Å². The normalized spacial score (nSPS) is 10.6. The number of nitrogens with one attached hydrogen (secondary N) is 1. The topological polar surface area (TPSA) is 42.0 Å². The largest absolute Gasteiger partial charge is 0.365 e. The molecule has 0 atom stereocenters. The summed E-state index contributed by atoms with van der Waals surface area (Å²) in [6.07, 6.45) is 4.97. The number of carbonyl (C=O) groups is 1. The van der Waals surface area contributed by atoms with Gasteiger partial charge in [0.2, 0.25) is 0 Å². The van der Waals surface area contributed by atoms with Crippen LogP contribution in [-0.2, 0) is 0 Å². The standard InChI is InChI=1S/C13H12N2OS/c1-14-13-15-9-12(17-13)11(16)8-7-10-5-3-2-4-6-10/h2-9H,1H3,(H,14,15)/b8-7+. The van der Waals surface area contributed by atoms with E-state index < -0.39 is 0 Å². The molecule has 2 aromatic rings. The van der Waals surface area contributed by atoms with Crippen molar-refractivity contribution in [2.45, 2.75) is 0 Å². The Balaban J connectivity index is 2.09. The van der Waals surface area contributed by atoms with Gasteiger partial charge in [-0.3, -0.25) is 4.79 Å². The highest BCUT2D eigenvalue weighted by Crippen LogP contribution is 2.18. The van der Waals surface area contributed by atoms with E-state index >= 15 is 0 Å². The summed E-state index contributed by atoms with van der Waals surface area (Å²) in [5, 5.41) is 3.66. The summed E-state index contributed by atoms with van der Waals surface area (Å²) in [6.45, 7) is 0. The molecule has 0 aliphatic heterocycles. The molecule has 0 spiro atoms. The van der Waals surface area contributed by atoms with Gasteiger partial charge in [0.05, 0.1) is 11.1 Å². The van der Waals surface area contributed by atoms with Crippen molar-refractivity contribution in [1.82, 2.24) is 4.98 Å². The molecule has 0 saturated carbocycles. The summed E-state index contributed by atoms with van der Waals surface area (Å²) in [7, 11) is 1.78. The van der Waals surface area contributed by atoms with E-state index in [9.17, 15) is 4.79 Å². The second-order valence-corrected chi connectivity index (χ2v) is 4.42. The highest BCUT2D eigenvalue weighted by Gasteiger charge is 2.06. The van der Waals surface area contributed by atoms with E-state index in [1.807, 2.05) is 30.3 Å². The van der Waals surface area contributed by atoms with E-state index in [1.165, 1.54) is 11.3 Å². The van der Waals surface area contributed by atoms with Crippen LogP contribution in [0.3, 0.4) is 0 Å². The first-order valence-corrected chi connectivity index (χ1v) is 6.02. The van der Waals surface area contributed by atoms with Crippen molar-refractivity contribution < 1.29 is 4.79 Å². The smallest absolute Gasteiger partial charge is 0.197 e. The molecule has 1 heterocycles. The highest BCUT2D eigenvalue weighted by atomic mass is 32.1. The molecule has 0 bridgehead atoms. The van der Waals surface area contributed by atoms with Crippen molar-refractivity contribution in [3.63, 3.8) is 0 Å². The van der Waals surface area contributed by atoms with Gasteiger partial charge in [-0.2, -0.15) is 0 Å². The number of thiazole rings is 1. The lowest BCUT2D eigenvalue weighted by Gasteiger charge is -1.91. The molecule has 3 nitrogen and oxygen atoms in total. The molecule has 0 saturated heterocycles. The van der Waals surface area contributed by atoms with E-state index in [2.05, 4.69) is 10.3 Å². The second-order valence-electron chi connectivity index (χ2n) is 3.39. The van der Waals surface area contributed by atoms with E-state index in [-0.39, 0.29) is 5.78 Å². The maximum absolute atomic E-state index is 11.8. The maximum Gasteiger partial charge on any atom is 0.197 e. The van der Waals surface area contributed by atoms with Crippen LogP contribution in [0.25, 0.3) is 6.08 Å². The zero-order valence-corrected chi connectivity index (χ0v) is 10.2. The molecular formula is C13H12N2OS. The van der Waals surface area contributed by atoms with Crippen molar-refractivity contribution in [3.05, 3.63) is 53.0 Å². The first kappa shape index (κ1) is 11.5. The van der Waals surface area contributed by atoms with Crippen LogP contribution < -0.4 is 5.32 Å². The number of hydrogen-bond donors (Lipinski definition) is 1. The Morgan fingerprint density at radius 1 is 1.35 bits per heavy atom. The van der Waals surface area contributed by atoms with Gasteiger partial charge in [0.25, 0.3) is 0 Å². The molecule has 17 heavy (non-hydrogen) atoms. The minimum absolute atomic E-state index is 0.0205. The summed E-state index contributed by atoms with van der Waals surface area (Å²) in [5.74, 6) is -0.0205. The van der Waals surface area contributed by atoms with Crippen molar-refractivity contribution in [1.29, 1.82) is 0 Å². The maximum atomic E-state index is 11.8. The lowest BCUT2D eigenvalue weighted by Crippen LogP contribution is -1.88. The van der Waals surface area contributed by atoms with Crippen LogP contribution >= 0.6 is 11.3 Å². The van der Waals surface area contributed by atoms with Crippen molar-refractivity contribution >= 4 is 28.3 Å². The van der Waals surface area contributed by atoms with Crippen LogP contribution in [0.4, 0.5) is 5.13 Å². The van der Waals surface area contributed by atoms with Gasteiger partial charge in [-0.05, 0) is 11.6 Å². The number of aromatic nitrogens is 1. The lowest BCUT2D eigenvalue weighted by molar-refractivity contribution is 0.105. The number of allylic oxidation sites excluding steroid dienone is 1. The third-order valence-corrected chi connectivity index (χ3v) is 3.22. The molecule has 0 radical (unpaired) electrons. The molecule has 86 valence electrons. The number of anilines is 1. The minimum atomic E-state index is -0.0205. The van der Waals surface area contributed by atoms with Crippen LogP contribution in [-0.4, -0.2) is 17.8 Å². The number of ketones is 1. The van der Waals surface area contributed by atoms with Crippen molar-refractivity contribution in [2.24, 2.45) is 0 Å². The van der Waals surface area contributed by atoms with E-state index in [0.29, 0.717) is 4.88 Å². The Labute approximate surface area is 104 Å². The average molecular weight is 244 g/mol. The van der Waals surface area contributed by atoms with Gasteiger partial charge >= 0.3 is 0 Å². The molecule has 2 rings (SSSR count). The molecule has 0 aliphatic carbocycles. The summed E-state index contributed by atoms with van der Waals surface area (Å²) in [4.78, 5) is 16.5. The molecule has 1 aromatic carbocycles. The molecule has 1 N–H and O–H groups in total. The molecule has 1 aromatic heterocycles. The fourth-order valence-electron chi connectivity index (χ4n) is 1.32. The Bertz CT molecular complexity index is 531. The molecular weight excluding hydrogens is 232 g/mol. The van der Waals surface area contributed by atoms with Gasteiger partial charge in [0.15, 0.2) is 10.9 Å². The fraction of sp³-hybridized carbons (Fsp3) is 0.0769. The third-order valence-electron chi connectivity index (χ3n) is 2.19. The lowest BCUT2D eigenvalue weighted by atomic mass is 10.2. The number of carbonyl (C=O) groups excluding carboxylic acids is 1. The van der Waals surface area contributed by atoms with E-state index in [0.717, 1.165) is 10.7 Å². The predicted octanol–water partition coefficient (Wildman–Crippen LogP) is 3.08. The Morgan fingerprint density at radius 3 is 2.76 bits per heavy atom. The SMILES string of the molecule is CNc1ncc(C(=O)/C=C/c2ccccc2)s1. The summed E-state index contributed by atoms with van der Waals surface area (Å²) in [5.41, 5.74) is 1.01. The Morgan fingerprint density at radius 2 is 2.12 bits per heavy atom. The van der Waals surface area contributed by atoms with Crippen LogP contribution in [0.5, 0.6) is 0 Å². The Hall–Kier alpha value is -1.94. The van der Waals surface area contributed by atoms with Crippen LogP contribution in [0, 0.1) is 0 Å². The van der Waals surface area contributed by atoms with E-state index in [1.54, 1.807) is 25.4 Å². The number of hydrogen-bond acceptors (Lipinski definition) is 4. The summed E-state index contributed by atoms with van der Waals surface area (Å²) in [6, 6.07) is 9.73. The molecule has 0 amide bonds.